The topological polar surface area (TPSA) is 55.4 Å². The van der Waals surface area contributed by atoms with E-state index in [4.69, 9.17) is 4.74 Å². The monoisotopic (exact) mass is 315 g/mol. The zero-order chi connectivity index (χ0) is 16.1. The van der Waals surface area contributed by atoms with Gasteiger partial charge in [0.1, 0.15) is 0 Å². The highest BCUT2D eigenvalue weighted by molar-refractivity contribution is 6.42. The van der Waals surface area contributed by atoms with Gasteiger partial charge in [0, 0.05) is 18.7 Å². The number of Topliss-reactive ketones (excluding diaryl/α,β-unsaturated/α-hetero) is 1. The Kier molecular flexibility index (Phi) is 5.44. The standard InChI is InChI=1S/C19H25NO3/c21-18(19(22)20-13-17-7-4-12-23-17)16-10-8-15(9-11-16)14-5-2-1-3-6-14/h8-11,14,17H,1-7,12-13H2,(H,20,22)/t17-/m0/s1. The van der Waals surface area contributed by atoms with E-state index in [9.17, 15) is 9.59 Å². The van der Waals surface area contributed by atoms with Gasteiger partial charge in [-0.2, -0.15) is 0 Å². The Bertz CT molecular complexity index is 540. The highest BCUT2D eigenvalue weighted by Gasteiger charge is 2.21. The Labute approximate surface area is 137 Å². The first kappa shape index (κ1) is 16.2. The fraction of sp³-hybridized carbons (Fsp3) is 0.579. The molecule has 0 radical (unpaired) electrons. The largest absolute Gasteiger partial charge is 0.376 e. The van der Waals surface area contributed by atoms with Crippen molar-refractivity contribution in [2.75, 3.05) is 13.2 Å². The van der Waals surface area contributed by atoms with Crippen molar-refractivity contribution in [3.63, 3.8) is 0 Å². The first-order valence-corrected chi connectivity index (χ1v) is 8.78. The highest BCUT2D eigenvalue weighted by atomic mass is 16.5. The van der Waals surface area contributed by atoms with Crippen LogP contribution in [0.3, 0.4) is 0 Å². The molecule has 1 aliphatic heterocycles. The minimum absolute atomic E-state index is 0.0560. The number of benzene rings is 1. The summed E-state index contributed by atoms with van der Waals surface area (Å²) >= 11 is 0. The molecule has 1 amide bonds. The van der Waals surface area contributed by atoms with Crippen LogP contribution in [0, 0.1) is 0 Å². The van der Waals surface area contributed by atoms with Crippen LogP contribution >= 0.6 is 0 Å². The van der Waals surface area contributed by atoms with Gasteiger partial charge in [-0.15, -0.1) is 0 Å². The minimum atomic E-state index is -0.536. The Balaban J connectivity index is 1.54. The van der Waals surface area contributed by atoms with E-state index in [2.05, 4.69) is 5.32 Å². The predicted molar refractivity (Wildman–Crippen MR) is 88.6 cm³/mol. The summed E-state index contributed by atoms with van der Waals surface area (Å²) in [6.07, 6.45) is 8.40. The van der Waals surface area contributed by atoms with Crippen molar-refractivity contribution in [3.05, 3.63) is 35.4 Å². The molecule has 2 fully saturated rings. The molecule has 124 valence electrons. The molecular formula is C19H25NO3. The Morgan fingerprint density at radius 1 is 1.00 bits per heavy atom. The summed E-state index contributed by atoms with van der Waals surface area (Å²) in [6, 6.07) is 7.60. The van der Waals surface area contributed by atoms with Gasteiger partial charge in [-0.25, -0.2) is 0 Å². The summed E-state index contributed by atoms with van der Waals surface area (Å²) in [7, 11) is 0. The summed E-state index contributed by atoms with van der Waals surface area (Å²) < 4.78 is 5.45. The second-order valence-corrected chi connectivity index (χ2v) is 6.63. The molecule has 1 atom stereocenters. The molecule has 1 heterocycles. The van der Waals surface area contributed by atoms with Crippen LogP contribution in [0.15, 0.2) is 24.3 Å². The number of hydrogen-bond acceptors (Lipinski definition) is 3. The fourth-order valence-electron chi connectivity index (χ4n) is 3.57. The average molecular weight is 315 g/mol. The summed E-state index contributed by atoms with van der Waals surface area (Å²) in [5.41, 5.74) is 1.76. The maximum atomic E-state index is 12.2. The first-order chi connectivity index (χ1) is 11.2. The molecule has 3 rings (SSSR count). The molecular weight excluding hydrogens is 290 g/mol. The van der Waals surface area contributed by atoms with Gasteiger partial charge in [-0.3, -0.25) is 9.59 Å². The fourth-order valence-corrected chi connectivity index (χ4v) is 3.57. The van der Waals surface area contributed by atoms with E-state index in [1.54, 1.807) is 12.1 Å². The van der Waals surface area contributed by atoms with Gasteiger partial charge in [0.15, 0.2) is 0 Å². The maximum Gasteiger partial charge on any atom is 0.292 e. The van der Waals surface area contributed by atoms with Crippen molar-refractivity contribution >= 4 is 11.7 Å². The molecule has 0 spiro atoms. The number of hydrogen-bond donors (Lipinski definition) is 1. The molecule has 1 aliphatic carbocycles. The number of rotatable bonds is 5. The van der Waals surface area contributed by atoms with Crippen LogP contribution in [0.1, 0.15) is 66.8 Å². The van der Waals surface area contributed by atoms with Gasteiger partial charge in [-0.1, -0.05) is 43.5 Å². The van der Waals surface area contributed by atoms with E-state index in [-0.39, 0.29) is 6.10 Å². The lowest BCUT2D eigenvalue weighted by Gasteiger charge is -2.22. The van der Waals surface area contributed by atoms with Crippen LogP contribution in [-0.2, 0) is 9.53 Å². The van der Waals surface area contributed by atoms with Gasteiger partial charge < -0.3 is 10.1 Å². The van der Waals surface area contributed by atoms with Gasteiger partial charge in [-0.05, 0) is 37.2 Å². The third-order valence-electron chi connectivity index (χ3n) is 4.97. The van der Waals surface area contributed by atoms with Crippen molar-refractivity contribution in [1.82, 2.24) is 5.32 Å². The number of amides is 1. The summed E-state index contributed by atoms with van der Waals surface area (Å²) in [6.45, 7) is 1.17. The quantitative estimate of drug-likeness (QED) is 0.670. The minimum Gasteiger partial charge on any atom is -0.376 e. The maximum absolute atomic E-state index is 12.2. The normalized spacial score (nSPS) is 22.0. The molecule has 1 aromatic rings. The smallest absolute Gasteiger partial charge is 0.292 e. The van der Waals surface area contributed by atoms with Crippen LogP contribution in [0.5, 0.6) is 0 Å². The Morgan fingerprint density at radius 3 is 2.39 bits per heavy atom. The molecule has 0 aromatic heterocycles. The molecule has 1 N–H and O–H groups in total. The zero-order valence-electron chi connectivity index (χ0n) is 13.6. The van der Waals surface area contributed by atoms with Crippen molar-refractivity contribution in [1.29, 1.82) is 0 Å². The van der Waals surface area contributed by atoms with Crippen LogP contribution in [0.4, 0.5) is 0 Å². The molecule has 0 bridgehead atoms. The van der Waals surface area contributed by atoms with E-state index < -0.39 is 11.7 Å². The van der Waals surface area contributed by atoms with Crippen LogP contribution in [0.2, 0.25) is 0 Å². The number of ether oxygens (including phenoxy) is 1. The summed E-state index contributed by atoms with van der Waals surface area (Å²) in [5, 5.41) is 2.69. The van der Waals surface area contributed by atoms with Crippen molar-refractivity contribution in [2.45, 2.75) is 57.0 Å². The van der Waals surface area contributed by atoms with Crippen molar-refractivity contribution in [2.24, 2.45) is 0 Å². The summed E-state index contributed by atoms with van der Waals surface area (Å²) in [5.74, 6) is -0.384. The Morgan fingerprint density at radius 2 is 1.74 bits per heavy atom. The molecule has 1 aromatic carbocycles. The molecule has 2 aliphatic rings. The number of carbonyl (C=O) groups is 2. The van der Waals surface area contributed by atoms with Crippen LogP contribution in [0.25, 0.3) is 0 Å². The average Bonchev–Trinajstić information content (AvgIpc) is 3.13. The lowest BCUT2D eigenvalue weighted by atomic mass is 9.84. The predicted octanol–water partition coefficient (Wildman–Crippen LogP) is 3.21. The van der Waals surface area contributed by atoms with Crippen molar-refractivity contribution < 1.29 is 14.3 Å². The van der Waals surface area contributed by atoms with Crippen LogP contribution < -0.4 is 5.32 Å². The van der Waals surface area contributed by atoms with E-state index >= 15 is 0 Å². The molecule has 0 unspecified atom stereocenters. The molecule has 1 saturated carbocycles. The van der Waals surface area contributed by atoms with Crippen molar-refractivity contribution in [3.8, 4) is 0 Å². The molecule has 4 nitrogen and oxygen atoms in total. The Hall–Kier alpha value is -1.68. The highest BCUT2D eigenvalue weighted by Crippen LogP contribution is 2.32. The third-order valence-corrected chi connectivity index (χ3v) is 4.97. The SMILES string of the molecule is O=C(NC[C@@H]1CCCO1)C(=O)c1ccc(C2CCCCC2)cc1. The second kappa shape index (κ2) is 7.73. The number of ketones is 1. The molecule has 4 heteroatoms. The molecule has 1 saturated heterocycles. The van der Waals surface area contributed by atoms with E-state index in [0.29, 0.717) is 18.0 Å². The van der Waals surface area contributed by atoms with E-state index in [0.717, 1.165) is 19.4 Å². The summed E-state index contributed by atoms with van der Waals surface area (Å²) in [4.78, 5) is 24.2. The third kappa shape index (κ3) is 4.20. The number of nitrogens with one attached hydrogen (secondary N) is 1. The van der Waals surface area contributed by atoms with Gasteiger partial charge in [0.05, 0.1) is 6.10 Å². The van der Waals surface area contributed by atoms with Gasteiger partial charge >= 0.3 is 0 Å². The lowest BCUT2D eigenvalue weighted by Crippen LogP contribution is -2.36. The van der Waals surface area contributed by atoms with E-state index in [1.165, 1.54) is 37.7 Å². The lowest BCUT2D eigenvalue weighted by molar-refractivity contribution is -0.117. The van der Waals surface area contributed by atoms with Crippen LogP contribution in [-0.4, -0.2) is 30.9 Å². The second-order valence-electron chi connectivity index (χ2n) is 6.63. The number of carbonyl (C=O) groups excluding carboxylic acids is 2. The molecule has 23 heavy (non-hydrogen) atoms. The first-order valence-electron chi connectivity index (χ1n) is 8.78. The zero-order valence-corrected chi connectivity index (χ0v) is 13.6. The van der Waals surface area contributed by atoms with Gasteiger partial charge in [0.25, 0.3) is 5.91 Å². The van der Waals surface area contributed by atoms with Gasteiger partial charge in [0.2, 0.25) is 5.78 Å². The van der Waals surface area contributed by atoms with E-state index in [1.807, 2.05) is 12.1 Å².